The highest BCUT2D eigenvalue weighted by Gasteiger charge is 2.11. The molecule has 0 aliphatic rings. The van der Waals surface area contributed by atoms with E-state index in [2.05, 4.69) is 5.32 Å². The van der Waals surface area contributed by atoms with Crippen molar-refractivity contribution >= 4 is 29.3 Å². The Morgan fingerprint density at radius 2 is 2.10 bits per heavy atom. The second kappa shape index (κ2) is 7.72. The number of hydrogen-bond acceptors (Lipinski definition) is 3. The zero-order valence-electron chi connectivity index (χ0n) is 11.4. The number of rotatable bonds is 6. The minimum Gasteiger partial charge on any atom is -0.478 e. The SMILES string of the molecule is CCOCCN(C)C(=O)Nc1cc(Cl)cc(C(=O)O)c1. The topological polar surface area (TPSA) is 78.9 Å². The van der Waals surface area contributed by atoms with Gasteiger partial charge in [0.25, 0.3) is 0 Å². The van der Waals surface area contributed by atoms with Gasteiger partial charge in [-0.05, 0) is 25.1 Å². The first kappa shape index (κ1) is 16.3. The smallest absolute Gasteiger partial charge is 0.335 e. The van der Waals surface area contributed by atoms with Crippen LogP contribution >= 0.6 is 11.6 Å². The van der Waals surface area contributed by atoms with Crippen LogP contribution in [0.1, 0.15) is 17.3 Å². The fraction of sp³-hybridized carbons (Fsp3) is 0.385. The van der Waals surface area contributed by atoms with Crippen LogP contribution in [0.3, 0.4) is 0 Å². The largest absolute Gasteiger partial charge is 0.478 e. The number of halogens is 1. The summed E-state index contributed by atoms with van der Waals surface area (Å²) in [5.74, 6) is -1.10. The summed E-state index contributed by atoms with van der Waals surface area (Å²) in [6, 6.07) is 3.80. The third-order valence-corrected chi connectivity index (χ3v) is 2.74. The Kier molecular flexibility index (Phi) is 6.27. The number of ether oxygens (including phenoxy) is 1. The number of carbonyl (C=O) groups is 2. The Hall–Kier alpha value is -1.79. The Labute approximate surface area is 122 Å². The van der Waals surface area contributed by atoms with Gasteiger partial charge in [0.05, 0.1) is 12.2 Å². The van der Waals surface area contributed by atoms with E-state index in [4.69, 9.17) is 21.4 Å². The average Bonchev–Trinajstić information content (AvgIpc) is 2.38. The van der Waals surface area contributed by atoms with Crippen molar-refractivity contribution in [3.8, 4) is 0 Å². The third kappa shape index (κ3) is 5.07. The molecule has 0 atom stereocenters. The summed E-state index contributed by atoms with van der Waals surface area (Å²) in [7, 11) is 1.62. The first-order chi connectivity index (χ1) is 9.43. The van der Waals surface area contributed by atoms with E-state index in [1.807, 2.05) is 6.92 Å². The van der Waals surface area contributed by atoms with Crippen LogP contribution in [0.5, 0.6) is 0 Å². The summed E-state index contributed by atoms with van der Waals surface area (Å²) < 4.78 is 5.15. The third-order valence-electron chi connectivity index (χ3n) is 2.52. The van der Waals surface area contributed by atoms with Gasteiger partial charge < -0.3 is 20.1 Å². The maximum absolute atomic E-state index is 11.9. The normalized spacial score (nSPS) is 10.2. The number of likely N-dealkylation sites (N-methyl/N-ethyl adjacent to an activating group) is 1. The van der Waals surface area contributed by atoms with Gasteiger partial charge in [0.1, 0.15) is 0 Å². The lowest BCUT2D eigenvalue weighted by atomic mass is 10.2. The number of nitrogens with zero attached hydrogens (tertiary/aromatic N) is 1. The van der Waals surface area contributed by atoms with E-state index in [1.54, 1.807) is 7.05 Å². The first-order valence-electron chi connectivity index (χ1n) is 6.07. The Bertz CT molecular complexity index is 493. The predicted octanol–water partition coefficient (Wildman–Crippen LogP) is 2.54. The maximum atomic E-state index is 11.9. The van der Waals surface area contributed by atoms with Crippen molar-refractivity contribution in [1.29, 1.82) is 0 Å². The van der Waals surface area contributed by atoms with Gasteiger partial charge in [0.15, 0.2) is 0 Å². The zero-order chi connectivity index (χ0) is 15.1. The van der Waals surface area contributed by atoms with E-state index in [1.165, 1.54) is 23.1 Å². The number of amides is 2. The van der Waals surface area contributed by atoms with Crippen molar-refractivity contribution in [2.24, 2.45) is 0 Å². The molecule has 20 heavy (non-hydrogen) atoms. The molecule has 0 aliphatic carbocycles. The Balaban J connectivity index is 2.67. The van der Waals surface area contributed by atoms with Gasteiger partial charge in [0.2, 0.25) is 0 Å². The van der Waals surface area contributed by atoms with Crippen molar-refractivity contribution in [3.05, 3.63) is 28.8 Å². The van der Waals surface area contributed by atoms with Crippen molar-refractivity contribution in [3.63, 3.8) is 0 Å². The molecular formula is C13H17ClN2O4. The van der Waals surface area contributed by atoms with Crippen molar-refractivity contribution in [2.75, 3.05) is 32.1 Å². The Morgan fingerprint density at radius 3 is 2.70 bits per heavy atom. The molecule has 0 fully saturated rings. The van der Waals surface area contributed by atoms with Crippen LogP contribution in [0.4, 0.5) is 10.5 Å². The number of benzene rings is 1. The van der Waals surface area contributed by atoms with Crippen molar-refractivity contribution in [1.82, 2.24) is 4.90 Å². The average molecular weight is 301 g/mol. The van der Waals surface area contributed by atoms with Crippen LogP contribution in [0.25, 0.3) is 0 Å². The van der Waals surface area contributed by atoms with Crippen LogP contribution in [-0.4, -0.2) is 48.8 Å². The number of anilines is 1. The van der Waals surface area contributed by atoms with Crippen LogP contribution < -0.4 is 5.32 Å². The summed E-state index contributed by atoms with van der Waals surface area (Å²) in [6.45, 7) is 3.34. The number of urea groups is 1. The summed E-state index contributed by atoms with van der Waals surface area (Å²) in [4.78, 5) is 24.2. The molecule has 0 heterocycles. The van der Waals surface area contributed by atoms with Gasteiger partial charge in [-0.1, -0.05) is 11.6 Å². The predicted molar refractivity (Wildman–Crippen MR) is 76.6 cm³/mol. The molecule has 1 rings (SSSR count). The highest BCUT2D eigenvalue weighted by molar-refractivity contribution is 6.31. The molecule has 2 N–H and O–H groups in total. The van der Waals surface area contributed by atoms with E-state index in [0.29, 0.717) is 25.4 Å². The fourth-order valence-electron chi connectivity index (χ4n) is 1.45. The first-order valence-corrected chi connectivity index (χ1v) is 6.45. The number of hydrogen-bond donors (Lipinski definition) is 2. The van der Waals surface area contributed by atoms with Gasteiger partial charge in [-0.25, -0.2) is 9.59 Å². The van der Waals surface area contributed by atoms with Gasteiger partial charge in [-0.15, -0.1) is 0 Å². The van der Waals surface area contributed by atoms with Crippen LogP contribution in [0.2, 0.25) is 5.02 Å². The number of carboxylic acids is 1. The number of aromatic carboxylic acids is 1. The van der Waals surface area contributed by atoms with Gasteiger partial charge in [-0.2, -0.15) is 0 Å². The standard InChI is InChI=1S/C13H17ClN2O4/c1-3-20-5-4-16(2)13(19)15-11-7-9(12(17)18)6-10(14)8-11/h6-8H,3-5H2,1-2H3,(H,15,19)(H,17,18). The molecule has 1 aromatic rings. The molecule has 0 spiro atoms. The molecule has 0 aromatic heterocycles. The van der Waals surface area contributed by atoms with Crippen molar-refractivity contribution in [2.45, 2.75) is 6.92 Å². The van der Waals surface area contributed by atoms with Crippen LogP contribution in [0.15, 0.2) is 18.2 Å². The van der Waals surface area contributed by atoms with E-state index < -0.39 is 5.97 Å². The minimum absolute atomic E-state index is 0.0183. The minimum atomic E-state index is -1.10. The molecule has 1 aromatic carbocycles. The highest BCUT2D eigenvalue weighted by Crippen LogP contribution is 2.19. The summed E-state index contributed by atoms with van der Waals surface area (Å²) in [6.07, 6.45) is 0. The molecular weight excluding hydrogens is 284 g/mol. The van der Waals surface area contributed by atoms with Gasteiger partial charge in [0, 0.05) is 30.9 Å². The number of carbonyl (C=O) groups excluding carboxylic acids is 1. The van der Waals surface area contributed by atoms with E-state index in [-0.39, 0.29) is 16.6 Å². The van der Waals surface area contributed by atoms with Gasteiger partial charge >= 0.3 is 12.0 Å². The maximum Gasteiger partial charge on any atom is 0.335 e. The fourth-order valence-corrected chi connectivity index (χ4v) is 1.69. The Morgan fingerprint density at radius 1 is 1.40 bits per heavy atom. The molecule has 0 aliphatic heterocycles. The second-order valence-electron chi connectivity index (χ2n) is 4.08. The van der Waals surface area contributed by atoms with E-state index in [0.717, 1.165) is 0 Å². The number of carboxylic acid groups (broad SMARTS) is 1. The van der Waals surface area contributed by atoms with E-state index >= 15 is 0 Å². The zero-order valence-corrected chi connectivity index (χ0v) is 12.1. The number of nitrogens with one attached hydrogen (secondary N) is 1. The molecule has 0 unspecified atom stereocenters. The molecule has 110 valence electrons. The molecule has 2 amide bonds. The summed E-state index contributed by atoms with van der Waals surface area (Å²) in [5.41, 5.74) is 0.355. The quantitative estimate of drug-likeness (QED) is 0.791. The van der Waals surface area contributed by atoms with Crippen molar-refractivity contribution < 1.29 is 19.4 Å². The molecule has 0 saturated carbocycles. The molecule has 0 saturated heterocycles. The second-order valence-corrected chi connectivity index (χ2v) is 4.52. The highest BCUT2D eigenvalue weighted by atomic mass is 35.5. The molecule has 0 radical (unpaired) electrons. The molecule has 7 heteroatoms. The lowest BCUT2D eigenvalue weighted by molar-refractivity contribution is 0.0697. The van der Waals surface area contributed by atoms with Gasteiger partial charge in [-0.3, -0.25) is 0 Å². The summed E-state index contributed by atoms with van der Waals surface area (Å²) in [5, 5.41) is 11.8. The molecule has 0 bridgehead atoms. The lowest BCUT2D eigenvalue weighted by Gasteiger charge is -2.18. The van der Waals surface area contributed by atoms with E-state index in [9.17, 15) is 9.59 Å². The molecule has 6 nitrogen and oxygen atoms in total. The summed E-state index contributed by atoms with van der Waals surface area (Å²) >= 11 is 5.81. The van der Waals surface area contributed by atoms with Crippen LogP contribution in [-0.2, 0) is 4.74 Å². The lowest BCUT2D eigenvalue weighted by Crippen LogP contribution is -2.34. The van der Waals surface area contributed by atoms with Crippen LogP contribution in [0, 0.1) is 0 Å². The monoisotopic (exact) mass is 300 g/mol.